The number of benzene rings is 1. The molecule has 2 heterocycles. The van der Waals surface area contributed by atoms with Gasteiger partial charge < -0.3 is 30.9 Å². The number of amidine groups is 1. The molecule has 0 bridgehead atoms. The first-order valence-electron chi connectivity index (χ1n) is 7.76. The molecule has 0 fully saturated rings. The third kappa shape index (κ3) is 3.85. The van der Waals surface area contributed by atoms with Gasteiger partial charge in [0.25, 0.3) is 0 Å². The van der Waals surface area contributed by atoms with Gasteiger partial charge in [0.2, 0.25) is 5.91 Å². The molecule has 3 rings (SSSR count). The van der Waals surface area contributed by atoms with Crippen LogP contribution >= 0.6 is 11.3 Å². The molecule has 1 aliphatic heterocycles. The van der Waals surface area contributed by atoms with Gasteiger partial charge in [0.05, 0.1) is 18.1 Å². The second kappa shape index (κ2) is 7.42. The first-order chi connectivity index (χ1) is 12.3. The summed E-state index contributed by atoms with van der Waals surface area (Å²) < 4.78 is 5.39. The molecule has 0 spiro atoms. The Bertz CT molecular complexity index is 843. The third-order valence-corrected chi connectivity index (χ3v) is 4.82. The molecule has 0 aliphatic carbocycles. The molecular formula is C15H17BN4O5S. The molecule has 1 amide bonds. The predicted octanol–water partition coefficient (Wildman–Crippen LogP) is -0.908. The zero-order valence-corrected chi connectivity index (χ0v) is 14.4. The lowest BCUT2D eigenvalue weighted by molar-refractivity contribution is -0.120. The quantitative estimate of drug-likeness (QED) is 0.170. The van der Waals surface area contributed by atoms with Gasteiger partial charge in [0.1, 0.15) is 5.75 Å². The standard InChI is InChI=1S/C15H17BN4O5S/c17-13(18)14-19-8(6-26-14)5-11(21)20-10-4-7-2-1-3-9(15(22)23)12(7)25-16(10)24/h1-3,6,10,15,22-24H,4-5H2,(H3,17,18)(H,20,21)/t10-/m0/s1. The van der Waals surface area contributed by atoms with Crippen molar-refractivity contribution < 1.29 is 24.7 Å². The van der Waals surface area contributed by atoms with E-state index in [4.69, 9.17) is 15.8 Å². The Labute approximate surface area is 153 Å². The Morgan fingerprint density at radius 1 is 1.54 bits per heavy atom. The van der Waals surface area contributed by atoms with Crippen molar-refractivity contribution in [3.05, 3.63) is 45.4 Å². The summed E-state index contributed by atoms with van der Waals surface area (Å²) in [6, 6.07) is 4.86. The maximum atomic E-state index is 12.2. The van der Waals surface area contributed by atoms with Crippen molar-refractivity contribution in [2.24, 2.45) is 5.73 Å². The number of thiazole rings is 1. The number of amides is 1. The Balaban J connectivity index is 1.67. The predicted molar refractivity (Wildman–Crippen MR) is 94.7 cm³/mol. The average molecular weight is 376 g/mol. The molecule has 9 nitrogen and oxygen atoms in total. The second-order valence-electron chi connectivity index (χ2n) is 5.83. The van der Waals surface area contributed by atoms with Crippen LogP contribution in [0, 0.1) is 5.41 Å². The summed E-state index contributed by atoms with van der Waals surface area (Å²) in [7, 11) is -1.32. The van der Waals surface area contributed by atoms with Gasteiger partial charge in [0, 0.05) is 10.9 Å². The van der Waals surface area contributed by atoms with E-state index in [2.05, 4.69) is 10.3 Å². The van der Waals surface area contributed by atoms with Crippen LogP contribution in [0.2, 0.25) is 0 Å². The maximum Gasteiger partial charge on any atom is 0.547 e. The number of carbonyl (C=O) groups is 1. The van der Waals surface area contributed by atoms with Crippen molar-refractivity contribution in [1.82, 2.24) is 10.3 Å². The second-order valence-corrected chi connectivity index (χ2v) is 6.69. The zero-order chi connectivity index (χ0) is 18.8. The summed E-state index contributed by atoms with van der Waals surface area (Å²) in [5, 5.41) is 40.9. The van der Waals surface area contributed by atoms with Crippen LogP contribution in [0.15, 0.2) is 23.6 Å². The molecule has 0 radical (unpaired) electrons. The van der Waals surface area contributed by atoms with Gasteiger partial charge in [-0.1, -0.05) is 18.2 Å². The van der Waals surface area contributed by atoms with E-state index in [1.54, 1.807) is 17.5 Å². The van der Waals surface area contributed by atoms with Crippen molar-refractivity contribution in [3.63, 3.8) is 0 Å². The van der Waals surface area contributed by atoms with Crippen LogP contribution in [0.5, 0.6) is 5.75 Å². The van der Waals surface area contributed by atoms with Crippen LogP contribution < -0.4 is 15.7 Å². The molecule has 1 aliphatic rings. The van der Waals surface area contributed by atoms with Gasteiger partial charge >= 0.3 is 7.12 Å². The highest BCUT2D eigenvalue weighted by molar-refractivity contribution is 7.11. The van der Waals surface area contributed by atoms with E-state index in [0.29, 0.717) is 16.3 Å². The molecule has 0 unspecified atom stereocenters. The highest BCUT2D eigenvalue weighted by Crippen LogP contribution is 2.32. The normalized spacial score (nSPS) is 16.2. The lowest BCUT2D eigenvalue weighted by atomic mass is 9.72. The van der Waals surface area contributed by atoms with E-state index in [1.807, 2.05) is 0 Å². The number of nitrogens with two attached hydrogens (primary N) is 1. The van der Waals surface area contributed by atoms with E-state index in [1.165, 1.54) is 17.4 Å². The maximum absolute atomic E-state index is 12.2. The summed E-state index contributed by atoms with van der Waals surface area (Å²) >= 11 is 1.18. The molecule has 0 saturated carbocycles. The number of carbonyl (C=O) groups excluding carboxylic acids is 1. The highest BCUT2D eigenvalue weighted by Gasteiger charge is 2.37. The van der Waals surface area contributed by atoms with Crippen LogP contribution in [0.1, 0.15) is 28.1 Å². The Morgan fingerprint density at radius 2 is 2.31 bits per heavy atom. The lowest BCUT2D eigenvalue weighted by Gasteiger charge is -2.29. The van der Waals surface area contributed by atoms with Crippen molar-refractivity contribution in [2.45, 2.75) is 25.1 Å². The molecule has 1 atom stereocenters. The highest BCUT2D eigenvalue weighted by atomic mass is 32.1. The average Bonchev–Trinajstić information content (AvgIpc) is 3.03. The first-order valence-corrected chi connectivity index (χ1v) is 8.64. The first kappa shape index (κ1) is 18.3. The number of nitrogen functional groups attached to an aromatic ring is 1. The summed E-state index contributed by atoms with van der Waals surface area (Å²) in [5.74, 6) is -0.991. The van der Waals surface area contributed by atoms with Crippen LogP contribution in [0.4, 0.5) is 0 Å². The van der Waals surface area contributed by atoms with E-state index in [0.717, 1.165) is 0 Å². The van der Waals surface area contributed by atoms with E-state index in [-0.39, 0.29) is 35.9 Å². The lowest BCUT2D eigenvalue weighted by Crippen LogP contribution is -2.53. The number of para-hydroxylation sites is 1. The minimum Gasteiger partial charge on any atom is -0.534 e. The fourth-order valence-electron chi connectivity index (χ4n) is 2.71. The van der Waals surface area contributed by atoms with Gasteiger partial charge in [-0.05, 0) is 12.0 Å². The van der Waals surface area contributed by atoms with Crippen LogP contribution in [0.25, 0.3) is 0 Å². The summed E-state index contributed by atoms with van der Waals surface area (Å²) in [6.45, 7) is 0. The topological polar surface area (TPSA) is 162 Å². The molecule has 26 heavy (non-hydrogen) atoms. The summed E-state index contributed by atoms with van der Waals surface area (Å²) in [5.41, 5.74) is 6.64. The fraction of sp³-hybridized carbons (Fsp3) is 0.267. The van der Waals surface area contributed by atoms with Crippen molar-refractivity contribution in [1.29, 1.82) is 5.41 Å². The number of nitrogens with zero attached hydrogens (tertiary/aromatic N) is 1. The van der Waals surface area contributed by atoms with Crippen molar-refractivity contribution >= 4 is 30.2 Å². The van der Waals surface area contributed by atoms with Crippen molar-refractivity contribution in [2.75, 3.05) is 0 Å². The fourth-order valence-corrected chi connectivity index (χ4v) is 3.39. The monoisotopic (exact) mass is 376 g/mol. The van der Waals surface area contributed by atoms with E-state index >= 15 is 0 Å². The molecule has 2 aromatic rings. The number of hydrogen-bond acceptors (Lipinski definition) is 8. The third-order valence-electron chi connectivity index (χ3n) is 3.90. The molecular weight excluding hydrogens is 359 g/mol. The van der Waals surface area contributed by atoms with Gasteiger partial charge in [-0.3, -0.25) is 10.2 Å². The molecule has 11 heteroatoms. The minimum absolute atomic E-state index is 0.0186. The molecule has 1 aromatic heterocycles. The Hall–Kier alpha value is -2.47. The van der Waals surface area contributed by atoms with Crippen LogP contribution in [0.3, 0.4) is 0 Å². The van der Waals surface area contributed by atoms with Gasteiger partial charge in [-0.2, -0.15) is 0 Å². The number of aromatic nitrogens is 1. The number of hydrogen-bond donors (Lipinski definition) is 6. The number of nitrogens with one attached hydrogen (secondary N) is 2. The summed E-state index contributed by atoms with van der Waals surface area (Å²) in [4.78, 5) is 16.3. The SMILES string of the molecule is N=C(N)c1nc(CC(=O)N[C@H]2Cc3cccc(C(O)O)c3OB2O)cs1. The van der Waals surface area contributed by atoms with Gasteiger partial charge in [-0.15, -0.1) is 11.3 Å². The van der Waals surface area contributed by atoms with E-state index in [9.17, 15) is 20.0 Å². The molecule has 0 saturated heterocycles. The zero-order valence-electron chi connectivity index (χ0n) is 13.5. The number of aliphatic hydroxyl groups is 2. The minimum atomic E-state index is -1.72. The number of rotatable bonds is 5. The largest absolute Gasteiger partial charge is 0.547 e. The smallest absolute Gasteiger partial charge is 0.534 e. The molecule has 1 aromatic carbocycles. The van der Waals surface area contributed by atoms with Gasteiger partial charge in [0.15, 0.2) is 17.1 Å². The Morgan fingerprint density at radius 3 is 2.96 bits per heavy atom. The number of fused-ring (bicyclic) bond motifs is 1. The van der Waals surface area contributed by atoms with Gasteiger partial charge in [-0.25, -0.2) is 4.98 Å². The Kier molecular flexibility index (Phi) is 5.23. The van der Waals surface area contributed by atoms with Crippen LogP contribution in [-0.4, -0.2) is 45.0 Å². The molecule has 136 valence electrons. The summed E-state index contributed by atoms with van der Waals surface area (Å²) in [6.07, 6.45) is -1.46. The van der Waals surface area contributed by atoms with E-state index < -0.39 is 19.3 Å². The molecule has 7 N–H and O–H groups in total. The number of aliphatic hydroxyl groups excluding tert-OH is 1. The van der Waals surface area contributed by atoms with Crippen LogP contribution in [-0.2, 0) is 17.6 Å². The van der Waals surface area contributed by atoms with Crippen molar-refractivity contribution in [3.8, 4) is 5.75 Å².